The van der Waals surface area contributed by atoms with Crippen LogP contribution in [0.4, 0.5) is 17.2 Å². The van der Waals surface area contributed by atoms with Gasteiger partial charge in [0.15, 0.2) is 0 Å². The Bertz CT molecular complexity index is 1050. The van der Waals surface area contributed by atoms with Crippen LogP contribution in [0.1, 0.15) is 11.1 Å². The molecule has 0 aliphatic carbocycles. The van der Waals surface area contributed by atoms with Gasteiger partial charge in [-0.1, -0.05) is 23.8 Å². The lowest BCUT2D eigenvalue weighted by Gasteiger charge is -2.09. The molecule has 0 spiro atoms. The van der Waals surface area contributed by atoms with Gasteiger partial charge in [0.1, 0.15) is 5.82 Å². The Morgan fingerprint density at radius 3 is 2.42 bits per heavy atom. The van der Waals surface area contributed by atoms with Crippen LogP contribution in [0.3, 0.4) is 0 Å². The second kappa shape index (κ2) is 7.25. The monoisotopic (exact) mass is 364 g/mol. The van der Waals surface area contributed by atoms with Crippen molar-refractivity contribution in [2.45, 2.75) is 11.8 Å². The maximum absolute atomic E-state index is 12.4. The smallest absolute Gasteiger partial charge is 0.263 e. The van der Waals surface area contributed by atoms with Crippen molar-refractivity contribution in [3.05, 3.63) is 78.0 Å². The van der Waals surface area contributed by atoms with Crippen molar-refractivity contribution in [1.29, 1.82) is 5.26 Å². The first kappa shape index (κ1) is 17.5. The van der Waals surface area contributed by atoms with E-state index in [1.807, 2.05) is 13.0 Å². The summed E-state index contributed by atoms with van der Waals surface area (Å²) < 4.78 is 27.2. The molecule has 130 valence electrons. The van der Waals surface area contributed by atoms with Gasteiger partial charge in [-0.05, 0) is 49.4 Å². The zero-order valence-corrected chi connectivity index (χ0v) is 14.8. The highest BCUT2D eigenvalue weighted by Gasteiger charge is 2.14. The lowest BCUT2D eigenvalue weighted by atomic mass is 10.2. The van der Waals surface area contributed by atoms with Crippen LogP contribution in [0.15, 0.2) is 71.8 Å². The molecule has 0 bridgehead atoms. The second-order valence-electron chi connectivity index (χ2n) is 5.67. The molecule has 2 aromatic carbocycles. The summed E-state index contributed by atoms with van der Waals surface area (Å²) in [5.41, 5.74) is 2.96. The number of pyridine rings is 1. The van der Waals surface area contributed by atoms with Crippen molar-refractivity contribution in [3.63, 3.8) is 0 Å². The lowest BCUT2D eigenvalue weighted by molar-refractivity contribution is 0.601. The van der Waals surface area contributed by atoms with Gasteiger partial charge in [0, 0.05) is 5.69 Å². The summed E-state index contributed by atoms with van der Waals surface area (Å²) in [6.45, 7) is 1.89. The fourth-order valence-electron chi connectivity index (χ4n) is 2.28. The molecule has 0 fully saturated rings. The molecular weight excluding hydrogens is 348 g/mol. The third kappa shape index (κ3) is 4.18. The number of rotatable bonds is 5. The standard InChI is InChI=1S/C19H16N4O2S/c1-14-5-8-18(9-6-14)26(24,25)23-19-10-7-17(13-21-19)22-16-4-2-3-15(11-16)12-20/h2-11,13,22H,1H3,(H,21,23). The summed E-state index contributed by atoms with van der Waals surface area (Å²) in [6.07, 6.45) is 1.52. The lowest BCUT2D eigenvalue weighted by Crippen LogP contribution is -2.13. The van der Waals surface area contributed by atoms with E-state index in [1.165, 1.54) is 6.20 Å². The largest absolute Gasteiger partial charge is 0.354 e. The molecule has 6 nitrogen and oxygen atoms in total. The van der Waals surface area contributed by atoms with Crippen LogP contribution >= 0.6 is 0 Å². The highest BCUT2D eigenvalue weighted by Crippen LogP contribution is 2.20. The molecule has 1 heterocycles. The Hall–Kier alpha value is -3.37. The van der Waals surface area contributed by atoms with Crippen molar-refractivity contribution in [2.24, 2.45) is 0 Å². The molecule has 3 aromatic rings. The topological polar surface area (TPSA) is 94.9 Å². The van der Waals surface area contributed by atoms with Gasteiger partial charge in [0.2, 0.25) is 0 Å². The summed E-state index contributed by atoms with van der Waals surface area (Å²) >= 11 is 0. The number of anilines is 3. The first-order valence-electron chi connectivity index (χ1n) is 7.79. The predicted molar refractivity (Wildman–Crippen MR) is 101 cm³/mol. The minimum Gasteiger partial charge on any atom is -0.354 e. The van der Waals surface area contributed by atoms with E-state index in [-0.39, 0.29) is 10.7 Å². The van der Waals surface area contributed by atoms with E-state index >= 15 is 0 Å². The van der Waals surface area contributed by atoms with Crippen molar-refractivity contribution < 1.29 is 8.42 Å². The van der Waals surface area contributed by atoms with Gasteiger partial charge in [0.25, 0.3) is 10.0 Å². The summed E-state index contributed by atoms with van der Waals surface area (Å²) in [5.74, 6) is 0.224. The molecule has 0 aliphatic rings. The molecular formula is C19H16N4O2S. The Morgan fingerprint density at radius 2 is 1.77 bits per heavy atom. The van der Waals surface area contributed by atoms with E-state index in [0.717, 1.165) is 11.3 Å². The van der Waals surface area contributed by atoms with E-state index in [9.17, 15) is 8.42 Å². The van der Waals surface area contributed by atoms with Crippen molar-refractivity contribution in [2.75, 3.05) is 10.0 Å². The van der Waals surface area contributed by atoms with Crippen LogP contribution in [0.25, 0.3) is 0 Å². The Kier molecular flexibility index (Phi) is 4.87. The molecule has 0 unspecified atom stereocenters. The number of nitrogens with zero attached hydrogens (tertiary/aromatic N) is 2. The first-order chi connectivity index (χ1) is 12.5. The minimum absolute atomic E-state index is 0.181. The molecule has 0 aliphatic heterocycles. The van der Waals surface area contributed by atoms with Crippen LogP contribution in [0, 0.1) is 18.3 Å². The Labute approximate surface area is 152 Å². The highest BCUT2D eigenvalue weighted by atomic mass is 32.2. The van der Waals surface area contributed by atoms with Gasteiger partial charge in [-0.25, -0.2) is 13.4 Å². The SMILES string of the molecule is Cc1ccc(S(=O)(=O)Nc2ccc(Nc3cccc(C#N)c3)cn2)cc1. The number of benzene rings is 2. The van der Waals surface area contributed by atoms with Gasteiger partial charge in [-0.2, -0.15) is 5.26 Å². The van der Waals surface area contributed by atoms with Crippen LogP contribution in [0.2, 0.25) is 0 Å². The zero-order valence-electron chi connectivity index (χ0n) is 14.0. The number of hydrogen-bond donors (Lipinski definition) is 2. The van der Waals surface area contributed by atoms with E-state index in [4.69, 9.17) is 5.26 Å². The predicted octanol–water partition coefficient (Wildman–Crippen LogP) is 3.81. The molecule has 0 atom stereocenters. The van der Waals surface area contributed by atoms with Crippen LogP contribution in [-0.4, -0.2) is 13.4 Å². The van der Waals surface area contributed by atoms with Gasteiger partial charge in [-0.15, -0.1) is 0 Å². The fourth-order valence-corrected chi connectivity index (χ4v) is 3.28. The van der Waals surface area contributed by atoms with Gasteiger partial charge >= 0.3 is 0 Å². The third-order valence-electron chi connectivity index (χ3n) is 3.61. The quantitative estimate of drug-likeness (QED) is 0.718. The molecule has 0 saturated carbocycles. The van der Waals surface area contributed by atoms with Gasteiger partial charge in [-0.3, -0.25) is 4.72 Å². The number of aryl methyl sites for hydroxylation is 1. The summed E-state index contributed by atoms with van der Waals surface area (Å²) in [5, 5.41) is 12.0. The zero-order chi connectivity index (χ0) is 18.6. The molecule has 1 aromatic heterocycles. The number of nitriles is 1. The minimum atomic E-state index is -3.68. The Balaban J connectivity index is 1.73. The van der Waals surface area contributed by atoms with E-state index < -0.39 is 10.0 Å². The molecule has 2 N–H and O–H groups in total. The van der Waals surface area contributed by atoms with Crippen LogP contribution < -0.4 is 10.0 Å². The third-order valence-corrected chi connectivity index (χ3v) is 4.98. The van der Waals surface area contributed by atoms with Gasteiger partial charge in [0.05, 0.1) is 28.4 Å². The van der Waals surface area contributed by atoms with Crippen molar-refractivity contribution in [3.8, 4) is 6.07 Å². The normalized spacial score (nSPS) is 10.8. The second-order valence-corrected chi connectivity index (χ2v) is 7.35. The molecule has 7 heteroatoms. The van der Waals surface area contributed by atoms with Crippen LogP contribution in [-0.2, 0) is 10.0 Å². The fraction of sp³-hybridized carbons (Fsp3) is 0.0526. The van der Waals surface area contributed by atoms with E-state index in [1.54, 1.807) is 54.6 Å². The number of hydrogen-bond acceptors (Lipinski definition) is 5. The average Bonchev–Trinajstić information content (AvgIpc) is 2.64. The average molecular weight is 364 g/mol. The molecule has 26 heavy (non-hydrogen) atoms. The summed E-state index contributed by atoms with van der Waals surface area (Å²) in [4.78, 5) is 4.31. The number of aromatic nitrogens is 1. The highest BCUT2D eigenvalue weighted by molar-refractivity contribution is 7.92. The molecule has 3 rings (SSSR count). The Morgan fingerprint density at radius 1 is 1.00 bits per heavy atom. The first-order valence-corrected chi connectivity index (χ1v) is 9.27. The summed E-state index contributed by atoms with van der Waals surface area (Å²) in [6, 6.07) is 19.0. The van der Waals surface area contributed by atoms with E-state index in [2.05, 4.69) is 21.1 Å². The molecule has 0 saturated heterocycles. The van der Waals surface area contributed by atoms with Crippen molar-refractivity contribution >= 4 is 27.2 Å². The molecule has 0 radical (unpaired) electrons. The number of nitrogens with one attached hydrogen (secondary N) is 2. The van der Waals surface area contributed by atoms with Crippen LogP contribution in [0.5, 0.6) is 0 Å². The van der Waals surface area contributed by atoms with Crippen molar-refractivity contribution in [1.82, 2.24) is 4.98 Å². The summed E-state index contributed by atoms with van der Waals surface area (Å²) in [7, 11) is -3.68. The van der Waals surface area contributed by atoms with E-state index in [0.29, 0.717) is 11.3 Å². The maximum atomic E-state index is 12.4. The number of sulfonamides is 1. The molecule has 0 amide bonds. The maximum Gasteiger partial charge on any atom is 0.263 e. The van der Waals surface area contributed by atoms with Gasteiger partial charge < -0.3 is 5.32 Å².